The molecule has 0 spiro atoms. The molecule has 0 aromatic rings. The second-order valence-corrected chi connectivity index (χ2v) is 4.05. The summed E-state index contributed by atoms with van der Waals surface area (Å²) in [5.41, 5.74) is 1.01. The van der Waals surface area contributed by atoms with E-state index in [1.165, 1.54) is 14.2 Å². The Balaban J connectivity index is 5.18. The van der Waals surface area contributed by atoms with E-state index in [0.717, 1.165) is 6.42 Å². The third kappa shape index (κ3) is 8.27. The summed E-state index contributed by atoms with van der Waals surface area (Å²) in [6.45, 7) is 4.28. The van der Waals surface area contributed by atoms with E-state index in [0.29, 0.717) is 17.8 Å². The second kappa shape index (κ2) is 12.1. The summed E-state index contributed by atoms with van der Waals surface area (Å²) in [6.07, 6.45) is 4.80. The zero-order valence-corrected chi connectivity index (χ0v) is 13.1. The summed E-state index contributed by atoms with van der Waals surface area (Å²) in [6, 6.07) is 0. The number of rotatable bonds is 10. The quantitative estimate of drug-likeness (QED) is 0.154. The van der Waals surface area contributed by atoms with Crippen LogP contribution in [0.15, 0.2) is 23.3 Å². The van der Waals surface area contributed by atoms with Gasteiger partial charge in [-0.3, -0.25) is 4.79 Å². The van der Waals surface area contributed by atoms with Crippen molar-refractivity contribution in [3.63, 3.8) is 0 Å². The summed E-state index contributed by atoms with van der Waals surface area (Å²) in [7, 11) is 2.60. The van der Waals surface area contributed by atoms with Gasteiger partial charge in [0.15, 0.2) is 0 Å². The zero-order valence-electron chi connectivity index (χ0n) is 13.1. The van der Waals surface area contributed by atoms with Crippen molar-refractivity contribution in [1.82, 2.24) is 0 Å². The van der Waals surface area contributed by atoms with E-state index < -0.39 is 5.97 Å². The number of hydrogen-bond acceptors (Lipinski definition) is 6. The highest BCUT2D eigenvalue weighted by atomic mass is 17.2. The number of hydrogen-bond donors (Lipinski definition) is 0. The Labute approximate surface area is 125 Å². The van der Waals surface area contributed by atoms with Gasteiger partial charge in [0.2, 0.25) is 0 Å². The first-order valence-corrected chi connectivity index (χ1v) is 6.88. The van der Waals surface area contributed by atoms with Gasteiger partial charge in [0.05, 0.1) is 20.8 Å². The van der Waals surface area contributed by atoms with Crippen LogP contribution in [0, 0.1) is 0 Å². The van der Waals surface area contributed by atoms with Crippen molar-refractivity contribution in [2.75, 3.05) is 27.4 Å². The largest absolute Gasteiger partial charge is 0.469 e. The molecule has 0 heterocycles. The fraction of sp³-hybridized carbons (Fsp3) is 0.600. The van der Waals surface area contributed by atoms with Gasteiger partial charge in [0.1, 0.15) is 6.61 Å². The molecule has 21 heavy (non-hydrogen) atoms. The molecule has 0 saturated carbocycles. The van der Waals surface area contributed by atoms with Crippen molar-refractivity contribution in [2.24, 2.45) is 0 Å². The Hall–Kier alpha value is -1.66. The highest BCUT2D eigenvalue weighted by Crippen LogP contribution is 2.16. The third-order valence-corrected chi connectivity index (χ3v) is 2.60. The first-order valence-electron chi connectivity index (χ1n) is 6.88. The van der Waals surface area contributed by atoms with Crippen LogP contribution in [0.25, 0.3) is 0 Å². The van der Waals surface area contributed by atoms with Crippen LogP contribution >= 0.6 is 0 Å². The lowest BCUT2D eigenvalue weighted by atomic mass is 10.0. The van der Waals surface area contributed by atoms with Gasteiger partial charge in [-0.25, -0.2) is 14.6 Å². The minimum atomic E-state index is -0.491. The minimum absolute atomic E-state index is 0.0963. The lowest BCUT2D eigenvalue weighted by Crippen LogP contribution is -2.13. The number of carbonyl (C=O) groups is 2. The zero-order chi connectivity index (χ0) is 16.1. The Morgan fingerprint density at radius 2 is 1.71 bits per heavy atom. The van der Waals surface area contributed by atoms with Gasteiger partial charge >= 0.3 is 11.9 Å². The topological polar surface area (TPSA) is 71.1 Å². The molecule has 6 heteroatoms. The lowest BCUT2D eigenvalue weighted by molar-refractivity contribution is -0.284. The number of carbonyl (C=O) groups excluding carboxylic acids is 2. The average Bonchev–Trinajstić information content (AvgIpc) is 2.51. The molecule has 0 saturated heterocycles. The van der Waals surface area contributed by atoms with Gasteiger partial charge in [0.25, 0.3) is 0 Å². The van der Waals surface area contributed by atoms with Gasteiger partial charge in [-0.2, -0.15) is 0 Å². The van der Waals surface area contributed by atoms with E-state index in [4.69, 9.17) is 14.5 Å². The van der Waals surface area contributed by atoms with Crippen LogP contribution in [-0.2, 0) is 28.8 Å². The van der Waals surface area contributed by atoms with Crippen LogP contribution in [0.3, 0.4) is 0 Å². The molecule has 6 nitrogen and oxygen atoms in total. The van der Waals surface area contributed by atoms with Gasteiger partial charge in [-0.15, -0.1) is 0 Å². The van der Waals surface area contributed by atoms with Crippen molar-refractivity contribution in [2.45, 2.75) is 33.1 Å². The third-order valence-electron chi connectivity index (χ3n) is 2.60. The SMILES string of the molecule is CCC=CC(COOCC)=C(CCC(=O)OC)C(=O)OC. The molecule has 0 rings (SSSR count). The van der Waals surface area contributed by atoms with E-state index in [2.05, 4.69) is 4.74 Å². The maximum absolute atomic E-state index is 11.9. The molecule has 120 valence electrons. The van der Waals surface area contributed by atoms with Crippen molar-refractivity contribution < 1.29 is 28.8 Å². The molecule has 0 aliphatic carbocycles. The van der Waals surface area contributed by atoms with Crippen molar-refractivity contribution in [3.05, 3.63) is 23.3 Å². The number of methoxy groups -OCH3 is 2. The molecule has 0 aliphatic rings. The van der Waals surface area contributed by atoms with Crippen LogP contribution < -0.4 is 0 Å². The van der Waals surface area contributed by atoms with E-state index in [1.807, 2.05) is 13.0 Å². The Morgan fingerprint density at radius 3 is 2.24 bits per heavy atom. The van der Waals surface area contributed by atoms with E-state index in [-0.39, 0.29) is 25.4 Å². The number of allylic oxidation sites excluding steroid dienone is 1. The predicted molar refractivity (Wildman–Crippen MR) is 77.3 cm³/mol. The molecular weight excluding hydrogens is 276 g/mol. The normalized spacial score (nSPS) is 12.2. The molecule has 0 aromatic carbocycles. The van der Waals surface area contributed by atoms with Gasteiger partial charge < -0.3 is 9.47 Å². The smallest absolute Gasteiger partial charge is 0.334 e. The van der Waals surface area contributed by atoms with Crippen molar-refractivity contribution >= 4 is 11.9 Å². The molecule has 0 aromatic heterocycles. The van der Waals surface area contributed by atoms with E-state index >= 15 is 0 Å². The molecule has 0 bridgehead atoms. The van der Waals surface area contributed by atoms with Crippen molar-refractivity contribution in [1.29, 1.82) is 0 Å². The monoisotopic (exact) mass is 300 g/mol. The number of esters is 2. The van der Waals surface area contributed by atoms with Crippen molar-refractivity contribution in [3.8, 4) is 0 Å². The maximum Gasteiger partial charge on any atom is 0.334 e. The Kier molecular flexibility index (Phi) is 11.2. The first kappa shape index (κ1) is 19.3. The van der Waals surface area contributed by atoms with Crippen LogP contribution in [0.4, 0.5) is 0 Å². The van der Waals surface area contributed by atoms with Gasteiger partial charge in [-0.1, -0.05) is 19.1 Å². The van der Waals surface area contributed by atoms with E-state index in [9.17, 15) is 9.59 Å². The van der Waals surface area contributed by atoms with Crippen LogP contribution in [-0.4, -0.2) is 39.4 Å². The highest BCUT2D eigenvalue weighted by Gasteiger charge is 2.17. The molecule has 0 amide bonds. The molecule has 0 fully saturated rings. The fourth-order valence-electron chi connectivity index (χ4n) is 1.53. The molecule has 0 radical (unpaired) electrons. The molecular formula is C15H24O6. The average molecular weight is 300 g/mol. The summed E-state index contributed by atoms with van der Waals surface area (Å²) < 4.78 is 9.35. The summed E-state index contributed by atoms with van der Waals surface area (Å²) >= 11 is 0. The fourth-order valence-corrected chi connectivity index (χ4v) is 1.53. The molecule has 0 atom stereocenters. The van der Waals surface area contributed by atoms with Crippen LogP contribution in [0.5, 0.6) is 0 Å². The summed E-state index contributed by atoms with van der Waals surface area (Å²) in [4.78, 5) is 33.0. The molecule has 0 unspecified atom stereocenters. The second-order valence-electron chi connectivity index (χ2n) is 4.05. The first-order chi connectivity index (χ1) is 10.1. The lowest BCUT2D eigenvalue weighted by Gasteiger charge is -2.11. The predicted octanol–water partition coefficient (Wildman–Crippen LogP) is 2.34. The number of ether oxygens (including phenoxy) is 2. The molecule has 0 aliphatic heterocycles. The Morgan fingerprint density at radius 1 is 1.00 bits per heavy atom. The van der Waals surface area contributed by atoms with Gasteiger partial charge in [-0.05, 0) is 25.3 Å². The standard InChI is InChI=1S/C15H24O6/c1-5-7-8-12(11-21-20-6-2)13(15(17)19-4)9-10-14(16)18-3/h7-8H,5-6,9-11H2,1-4H3. The molecule has 0 N–H and O–H groups in total. The van der Waals surface area contributed by atoms with Crippen LogP contribution in [0.2, 0.25) is 0 Å². The summed E-state index contributed by atoms with van der Waals surface area (Å²) in [5.74, 6) is -0.879. The minimum Gasteiger partial charge on any atom is -0.469 e. The maximum atomic E-state index is 11.9. The summed E-state index contributed by atoms with van der Waals surface area (Å²) in [5, 5.41) is 0. The van der Waals surface area contributed by atoms with Gasteiger partial charge in [0, 0.05) is 12.0 Å². The highest BCUT2D eigenvalue weighted by molar-refractivity contribution is 5.90. The van der Waals surface area contributed by atoms with E-state index in [1.54, 1.807) is 13.0 Å². The Bertz CT molecular complexity index is 384. The van der Waals surface area contributed by atoms with Crippen LogP contribution in [0.1, 0.15) is 33.1 Å².